The summed E-state index contributed by atoms with van der Waals surface area (Å²) in [6, 6.07) is 14.3. The molecule has 2 aromatic carbocycles. The second-order valence-corrected chi connectivity index (χ2v) is 3.77. The van der Waals surface area contributed by atoms with Crippen LogP contribution in [0.4, 0.5) is 0 Å². The average Bonchev–Trinajstić information content (AvgIpc) is 2.26. The van der Waals surface area contributed by atoms with Crippen LogP contribution in [-0.4, -0.2) is 12.6 Å². The number of ether oxygens (including phenoxy) is 1. The topological polar surface area (TPSA) is 35.2 Å². The molecule has 0 spiro atoms. The van der Waals surface area contributed by atoms with Gasteiger partial charge in [0.2, 0.25) is 0 Å². The molecule has 0 fully saturated rings. The molecule has 2 rings (SSSR count). The number of rotatable bonds is 3. The molecular weight excluding hydrogens is 222 g/mol. The van der Waals surface area contributed by atoms with E-state index >= 15 is 0 Å². The third kappa shape index (κ3) is 2.87. The molecule has 0 aromatic heterocycles. The average molecular weight is 238 g/mol. The van der Waals surface area contributed by atoms with Gasteiger partial charge >= 0.3 is 0 Å². The Morgan fingerprint density at radius 3 is 2.56 bits per heavy atom. The Labute approximate surface area is 102 Å². The van der Waals surface area contributed by atoms with Gasteiger partial charge in [0.15, 0.2) is 0 Å². The molecule has 2 aromatic rings. The van der Waals surface area contributed by atoms with E-state index in [9.17, 15) is 0 Å². The Balaban J connectivity index is 0.00000128. The molecule has 0 radical (unpaired) electrons. The van der Waals surface area contributed by atoms with Gasteiger partial charge in [-0.15, -0.1) is 12.4 Å². The lowest BCUT2D eigenvalue weighted by Crippen LogP contribution is -2.23. The van der Waals surface area contributed by atoms with Gasteiger partial charge in [-0.25, -0.2) is 0 Å². The fourth-order valence-electron chi connectivity index (χ4n) is 1.54. The third-order valence-corrected chi connectivity index (χ3v) is 2.25. The van der Waals surface area contributed by atoms with Crippen molar-refractivity contribution < 1.29 is 4.74 Å². The molecule has 0 aliphatic carbocycles. The smallest absolute Gasteiger partial charge is 0.127 e. The number of nitrogens with two attached hydrogens (primary N) is 1. The zero-order chi connectivity index (χ0) is 10.7. The molecule has 3 heteroatoms. The Hall–Kier alpha value is -1.25. The minimum absolute atomic E-state index is 0. The molecule has 0 bridgehead atoms. The van der Waals surface area contributed by atoms with Crippen molar-refractivity contribution in [2.24, 2.45) is 5.73 Å². The van der Waals surface area contributed by atoms with Gasteiger partial charge in [0.05, 0.1) is 0 Å². The first kappa shape index (κ1) is 12.8. The minimum atomic E-state index is 0. The lowest BCUT2D eigenvalue weighted by molar-refractivity contribution is 0.299. The van der Waals surface area contributed by atoms with Crippen LogP contribution < -0.4 is 10.5 Å². The Bertz CT molecular complexity index is 451. The maximum absolute atomic E-state index is 5.66. The van der Waals surface area contributed by atoms with E-state index in [0.717, 1.165) is 11.1 Å². The maximum atomic E-state index is 5.66. The summed E-state index contributed by atoms with van der Waals surface area (Å²) in [5, 5.41) is 2.33. The Morgan fingerprint density at radius 2 is 1.81 bits per heavy atom. The van der Waals surface area contributed by atoms with Gasteiger partial charge in [0.1, 0.15) is 12.4 Å². The summed E-state index contributed by atoms with van der Waals surface area (Å²) in [6.07, 6.45) is 0. The van der Waals surface area contributed by atoms with E-state index in [0.29, 0.717) is 6.61 Å². The molecule has 0 saturated heterocycles. The zero-order valence-corrected chi connectivity index (χ0v) is 10.0. The van der Waals surface area contributed by atoms with E-state index in [1.54, 1.807) is 0 Å². The molecule has 0 aliphatic heterocycles. The van der Waals surface area contributed by atoms with Gasteiger partial charge in [-0.1, -0.05) is 36.4 Å². The first-order valence-corrected chi connectivity index (χ1v) is 5.13. The highest BCUT2D eigenvalue weighted by atomic mass is 35.5. The van der Waals surface area contributed by atoms with E-state index in [1.807, 2.05) is 31.2 Å². The highest BCUT2D eigenvalue weighted by molar-refractivity contribution is 5.88. The summed E-state index contributed by atoms with van der Waals surface area (Å²) in [4.78, 5) is 0. The van der Waals surface area contributed by atoms with Crippen LogP contribution in [0.15, 0.2) is 42.5 Å². The number of halogens is 1. The molecule has 2 N–H and O–H groups in total. The normalized spacial score (nSPS) is 11.9. The fourth-order valence-corrected chi connectivity index (χ4v) is 1.54. The number of hydrogen-bond acceptors (Lipinski definition) is 2. The van der Waals surface area contributed by atoms with Crippen molar-refractivity contribution in [1.29, 1.82) is 0 Å². The second-order valence-electron chi connectivity index (χ2n) is 3.77. The molecule has 2 nitrogen and oxygen atoms in total. The van der Waals surface area contributed by atoms with Crippen molar-refractivity contribution in [3.05, 3.63) is 42.5 Å². The lowest BCUT2D eigenvalue weighted by atomic mass is 10.1. The summed E-state index contributed by atoms with van der Waals surface area (Å²) in [5.41, 5.74) is 5.66. The van der Waals surface area contributed by atoms with E-state index in [1.165, 1.54) is 5.39 Å². The highest BCUT2D eigenvalue weighted by Crippen LogP contribution is 2.24. The summed E-state index contributed by atoms with van der Waals surface area (Å²) < 4.78 is 5.66. The van der Waals surface area contributed by atoms with Crippen molar-refractivity contribution in [2.45, 2.75) is 13.0 Å². The zero-order valence-electron chi connectivity index (χ0n) is 9.22. The van der Waals surface area contributed by atoms with Crippen molar-refractivity contribution in [2.75, 3.05) is 6.61 Å². The van der Waals surface area contributed by atoms with Gasteiger partial charge in [0, 0.05) is 11.4 Å². The quantitative estimate of drug-likeness (QED) is 0.891. The largest absolute Gasteiger partial charge is 0.491 e. The van der Waals surface area contributed by atoms with Crippen molar-refractivity contribution in [3.63, 3.8) is 0 Å². The Morgan fingerprint density at radius 1 is 1.12 bits per heavy atom. The number of benzene rings is 2. The van der Waals surface area contributed by atoms with E-state index in [4.69, 9.17) is 10.5 Å². The SMILES string of the molecule is CC(N)COc1cccc2ccccc12.Cl. The summed E-state index contributed by atoms with van der Waals surface area (Å²) >= 11 is 0. The molecule has 0 aliphatic rings. The number of hydrogen-bond donors (Lipinski definition) is 1. The van der Waals surface area contributed by atoms with Gasteiger partial charge in [-0.3, -0.25) is 0 Å². The van der Waals surface area contributed by atoms with Crippen LogP contribution in [0.3, 0.4) is 0 Å². The highest BCUT2D eigenvalue weighted by Gasteiger charge is 2.01. The van der Waals surface area contributed by atoms with Crippen LogP contribution in [-0.2, 0) is 0 Å². The molecule has 0 amide bonds. The molecule has 1 atom stereocenters. The van der Waals surface area contributed by atoms with E-state index in [2.05, 4.69) is 18.2 Å². The van der Waals surface area contributed by atoms with Crippen LogP contribution in [0.25, 0.3) is 10.8 Å². The third-order valence-electron chi connectivity index (χ3n) is 2.25. The molecule has 0 saturated carbocycles. The van der Waals surface area contributed by atoms with E-state index < -0.39 is 0 Å². The van der Waals surface area contributed by atoms with Crippen LogP contribution in [0.1, 0.15) is 6.92 Å². The summed E-state index contributed by atoms with van der Waals surface area (Å²) in [5.74, 6) is 0.908. The lowest BCUT2D eigenvalue weighted by Gasteiger charge is -2.10. The van der Waals surface area contributed by atoms with Gasteiger partial charge < -0.3 is 10.5 Å². The molecule has 16 heavy (non-hydrogen) atoms. The van der Waals surface area contributed by atoms with E-state index in [-0.39, 0.29) is 18.4 Å². The predicted molar refractivity (Wildman–Crippen MR) is 70.3 cm³/mol. The maximum Gasteiger partial charge on any atom is 0.127 e. The van der Waals surface area contributed by atoms with Gasteiger partial charge in [-0.05, 0) is 18.4 Å². The summed E-state index contributed by atoms with van der Waals surface area (Å²) in [7, 11) is 0. The predicted octanol–water partition coefficient (Wildman–Crippen LogP) is 2.99. The monoisotopic (exact) mass is 237 g/mol. The molecular formula is C13H16ClNO. The standard InChI is InChI=1S/C13H15NO.ClH/c1-10(14)9-15-13-8-4-6-11-5-2-3-7-12(11)13;/h2-8,10H,9,14H2,1H3;1H. The first-order valence-electron chi connectivity index (χ1n) is 5.13. The van der Waals surface area contributed by atoms with Crippen molar-refractivity contribution >= 4 is 23.2 Å². The number of fused-ring (bicyclic) bond motifs is 1. The molecule has 1 unspecified atom stereocenters. The first-order chi connectivity index (χ1) is 7.27. The Kier molecular flexibility index (Phi) is 4.59. The van der Waals surface area contributed by atoms with Crippen LogP contribution in [0, 0.1) is 0 Å². The summed E-state index contributed by atoms with van der Waals surface area (Å²) in [6.45, 7) is 2.49. The molecule has 86 valence electrons. The van der Waals surface area contributed by atoms with Gasteiger partial charge in [0.25, 0.3) is 0 Å². The van der Waals surface area contributed by atoms with Gasteiger partial charge in [-0.2, -0.15) is 0 Å². The van der Waals surface area contributed by atoms with Crippen LogP contribution >= 0.6 is 12.4 Å². The molecule has 0 heterocycles. The van der Waals surface area contributed by atoms with Crippen LogP contribution in [0.2, 0.25) is 0 Å². The van der Waals surface area contributed by atoms with Crippen LogP contribution in [0.5, 0.6) is 5.75 Å². The van der Waals surface area contributed by atoms with Crippen molar-refractivity contribution in [3.8, 4) is 5.75 Å². The minimum Gasteiger partial charge on any atom is -0.491 e. The second kappa shape index (κ2) is 5.73. The fraction of sp³-hybridized carbons (Fsp3) is 0.231. The van der Waals surface area contributed by atoms with Crippen molar-refractivity contribution in [1.82, 2.24) is 0 Å².